The fraction of sp³-hybridized carbons (Fsp3) is 0.638. The molecule has 3 atom stereocenters. The molecule has 0 bridgehead atoms. The molecule has 0 saturated carbocycles. The van der Waals surface area contributed by atoms with E-state index in [9.17, 15) is 19.4 Å². The maximum atomic E-state index is 12.9. The molecule has 0 aromatic heterocycles. The highest BCUT2D eigenvalue weighted by Crippen LogP contribution is 2.38. The summed E-state index contributed by atoms with van der Waals surface area (Å²) >= 11 is 0. The maximum Gasteiger partial charge on any atom is 0.268 e. The molecule has 8 nitrogen and oxygen atoms in total. The van der Waals surface area contributed by atoms with Crippen LogP contribution in [0.1, 0.15) is 187 Å². The first kappa shape index (κ1) is 63.9. The number of hydrogen-bond donors (Lipinski definition) is 2. The number of nitrogens with zero attached hydrogens (tertiary/aromatic N) is 1. The van der Waals surface area contributed by atoms with Crippen molar-refractivity contribution in [3.63, 3.8) is 0 Å². The standard InChI is InChI=1S/C58H99N2O6P/c1-6-8-10-12-14-16-18-20-22-23-24-25-26-27-28-29-30-31-32-33-34-35-36-37-38-40-42-44-46-48-50-52-58(62)59-56(55-66-67(63,64)65-54-53-60(3,4)5)57(61)51-49-47-45-43-41-39-21-19-17-15-13-11-9-7-2/h8,10,14,16,20,22,24-25,27-28,30-31,33-34,36-37,41,43,49,51,56-57,61H,6-7,9,11-13,15,17-19,21,23,26,29,32,35,38-40,42,44-48,50,52-55H2,1-5H3,(H-,59,62,63,64)/b10-8-,16-14-,22-20-,25-24-,28-27-,31-30-,34-33-,37-36-,43-41+,51-49+. The Bertz CT molecular complexity index is 1500. The van der Waals surface area contributed by atoms with Gasteiger partial charge >= 0.3 is 0 Å². The number of aliphatic hydroxyl groups excluding tert-OH is 1. The first-order valence-corrected chi connectivity index (χ1v) is 27.9. The molecule has 9 heteroatoms. The zero-order valence-corrected chi connectivity index (χ0v) is 44.2. The van der Waals surface area contributed by atoms with Gasteiger partial charge in [0.1, 0.15) is 13.2 Å². The van der Waals surface area contributed by atoms with Gasteiger partial charge in [-0.2, -0.15) is 0 Å². The molecule has 0 heterocycles. The molecule has 0 aromatic carbocycles. The van der Waals surface area contributed by atoms with Gasteiger partial charge in [-0.05, 0) is 96.3 Å². The number of allylic oxidation sites excluding steroid dienone is 19. The second kappa shape index (κ2) is 47.9. The molecule has 1 amide bonds. The number of nitrogens with one attached hydrogen (secondary N) is 1. The largest absolute Gasteiger partial charge is 0.756 e. The number of amides is 1. The van der Waals surface area contributed by atoms with Crippen LogP contribution in [0.15, 0.2) is 122 Å². The number of hydrogen-bond acceptors (Lipinski definition) is 6. The van der Waals surface area contributed by atoms with E-state index < -0.39 is 26.6 Å². The van der Waals surface area contributed by atoms with Crippen LogP contribution in [0.25, 0.3) is 0 Å². The summed E-state index contributed by atoms with van der Waals surface area (Å²) in [5, 5.41) is 13.8. The quantitative estimate of drug-likeness (QED) is 0.0272. The van der Waals surface area contributed by atoms with E-state index in [2.05, 4.69) is 129 Å². The van der Waals surface area contributed by atoms with Crippen LogP contribution in [0, 0.1) is 0 Å². The van der Waals surface area contributed by atoms with Gasteiger partial charge in [-0.15, -0.1) is 0 Å². The van der Waals surface area contributed by atoms with Crippen molar-refractivity contribution in [1.29, 1.82) is 0 Å². The van der Waals surface area contributed by atoms with E-state index in [0.717, 1.165) is 116 Å². The zero-order valence-electron chi connectivity index (χ0n) is 43.3. The van der Waals surface area contributed by atoms with Crippen molar-refractivity contribution in [1.82, 2.24) is 5.32 Å². The van der Waals surface area contributed by atoms with Gasteiger partial charge in [-0.3, -0.25) is 9.36 Å². The van der Waals surface area contributed by atoms with Crippen molar-refractivity contribution in [3.05, 3.63) is 122 Å². The minimum absolute atomic E-state index is 0.0164. The summed E-state index contributed by atoms with van der Waals surface area (Å²) in [7, 11) is 1.21. The van der Waals surface area contributed by atoms with Gasteiger partial charge < -0.3 is 28.8 Å². The van der Waals surface area contributed by atoms with Crippen LogP contribution in [0.3, 0.4) is 0 Å². The third kappa shape index (κ3) is 50.6. The maximum absolute atomic E-state index is 12.9. The lowest BCUT2D eigenvalue weighted by molar-refractivity contribution is -0.870. The molecule has 3 unspecified atom stereocenters. The summed E-state index contributed by atoms with van der Waals surface area (Å²) in [6, 6.07) is -0.920. The molecule has 0 fully saturated rings. The number of carbonyl (C=O) groups is 1. The molecular formula is C58H99N2O6P. The lowest BCUT2D eigenvalue weighted by Crippen LogP contribution is -2.45. The van der Waals surface area contributed by atoms with Gasteiger partial charge in [0.2, 0.25) is 5.91 Å². The van der Waals surface area contributed by atoms with Crippen LogP contribution >= 0.6 is 7.82 Å². The number of phosphoric ester groups is 1. The van der Waals surface area contributed by atoms with Crippen LogP contribution in [0.4, 0.5) is 0 Å². The number of carbonyl (C=O) groups excluding carboxylic acids is 1. The molecule has 67 heavy (non-hydrogen) atoms. The second-order valence-corrected chi connectivity index (χ2v) is 19.9. The first-order valence-electron chi connectivity index (χ1n) is 26.4. The molecule has 0 spiro atoms. The van der Waals surface area contributed by atoms with Crippen LogP contribution in [-0.4, -0.2) is 68.5 Å². The Hall–Kier alpha value is -3.10. The Balaban J connectivity index is 4.31. The molecule has 382 valence electrons. The smallest absolute Gasteiger partial charge is 0.268 e. The van der Waals surface area contributed by atoms with E-state index in [1.165, 1.54) is 51.4 Å². The Morgan fingerprint density at radius 1 is 0.537 bits per heavy atom. The Kier molecular flexibility index (Phi) is 45.7. The van der Waals surface area contributed by atoms with Gasteiger partial charge in [0.15, 0.2) is 0 Å². The third-order valence-corrected chi connectivity index (χ3v) is 11.9. The lowest BCUT2D eigenvalue weighted by atomic mass is 10.1. The van der Waals surface area contributed by atoms with Gasteiger partial charge in [-0.1, -0.05) is 206 Å². The number of phosphoric acid groups is 1. The normalized spacial score (nSPS) is 15.0. The van der Waals surface area contributed by atoms with E-state index in [4.69, 9.17) is 9.05 Å². The molecule has 0 aliphatic carbocycles. The Morgan fingerprint density at radius 3 is 1.39 bits per heavy atom. The number of aliphatic hydroxyl groups is 1. The van der Waals surface area contributed by atoms with Crippen molar-refractivity contribution in [2.45, 2.75) is 199 Å². The van der Waals surface area contributed by atoms with Crippen LogP contribution < -0.4 is 10.2 Å². The summed E-state index contributed by atoms with van der Waals surface area (Å²) in [5.41, 5.74) is 0. The summed E-state index contributed by atoms with van der Waals surface area (Å²) in [6.07, 6.45) is 71.2. The SMILES string of the molecule is CC/C=C\C/C=C\C/C=C\C/C=C\C/C=C\C/C=C\C/C=C\C/C=C\CCCCCCCCC(=O)NC(COP(=O)([O-])OCC[N+](C)(C)C)C(O)/C=C/CC/C=C/CCCCCCCCCC. The predicted octanol–water partition coefficient (Wildman–Crippen LogP) is 15.2. The van der Waals surface area contributed by atoms with Gasteiger partial charge in [0.05, 0.1) is 39.9 Å². The van der Waals surface area contributed by atoms with Crippen LogP contribution in [0.2, 0.25) is 0 Å². The molecular weight excluding hydrogens is 852 g/mol. The summed E-state index contributed by atoms with van der Waals surface area (Å²) < 4.78 is 23.2. The molecule has 0 saturated heterocycles. The third-order valence-electron chi connectivity index (χ3n) is 10.9. The van der Waals surface area contributed by atoms with Gasteiger partial charge in [0.25, 0.3) is 7.82 Å². The average Bonchev–Trinajstić information content (AvgIpc) is 3.29. The van der Waals surface area contributed by atoms with Gasteiger partial charge in [0, 0.05) is 6.42 Å². The highest BCUT2D eigenvalue weighted by Gasteiger charge is 2.23. The Labute approximate surface area is 412 Å². The molecule has 0 rings (SSSR count). The highest BCUT2D eigenvalue weighted by atomic mass is 31.2. The van der Waals surface area contributed by atoms with E-state index >= 15 is 0 Å². The molecule has 0 aromatic rings. The van der Waals surface area contributed by atoms with E-state index in [0.29, 0.717) is 17.4 Å². The van der Waals surface area contributed by atoms with Crippen molar-refractivity contribution in [2.75, 3.05) is 40.9 Å². The number of unbranched alkanes of at least 4 members (excludes halogenated alkanes) is 15. The van der Waals surface area contributed by atoms with E-state index in [1.807, 2.05) is 27.2 Å². The van der Waals surface area contributed by atoms with Crippen molar-refractivity contribution >= 4 is 13.7 Å². The van der Waals surface area contributed by atoms with Crippen LogP contribution in [-0.2, 0) is 18.4 Å². The number of quaternary nitrogens is 1. The van der Waals surface area contributed by atoms with Gasteiger partial charge in [-0.25, -0.2) is 0 Å². The lowest BCUT2D eigenvalue weighted by Gasteiger charge is -2.29. The van der Waals surface area contributed by atoms with E-state index in [-0.39, 0.29) is 12.5 Å². The molecule has 0 radical (unpaired) electrons. The number of rotatable bonds is 46. The first-order chi connectivity index (χ1) is 32.5. The molecule has 2 N–H and O–H groups in total. The minimum Gasteiger partial charge on any atom is -0.756 e. The second-order valence-electron chi connectivity index (χ2n) is 18.5. The summed E-state index contributed by atoms with van der Waals surface area (Å²) in [6.45, 7) is 4.47. The highest BCUT2D eigenvalue weighted by molar-refractivity contribution is 7.45. The van der Waals surface area contributed by atoms with Crippen molar-refractivity contribution in [3.8, 4) is 0 Å². The zero-order chi connectivity index (χ0) is 49.2. The topological polar surface area (TPSA) is 108 Å². The van der Waals surface area contributed by atoms with Crippen molar-refractivity contribution < 1.29 is 32.9 Å². The van der Waals surface area contributed by atoms with Crippen LogP contribution in [0.5, 0.6) is 0 Å². The minimum atomic E-state index is -4.61. The number of likely N-dealkylation sites (N-methyl/N-ethyl adjacent to an activating group) is 1. The predicted molar refractivity (Wildman–Crippen MR) is 288 cm³/mol. The Morgan fingerprint density at radius 2 is 0.925 bits per heavy atom. The molecule has 0 aliphatic heterocycles. The molecule has 0 aliphatic rings. The average molecular weight is 951 g/mol. The monoisotopic (exact) mass is 951 g/mol. The van der Waals surface area contributed by atoms with E-state index in [1.54, 1.807) is 6.08 Å². The fourth-order valence-corrected chi connectivity index (χ4v) is 7.49. The fourth-order valence-electron chi connectivity index (χ4n) is 6.77. The summed E-state index contributed by atoms with van der Waals surface area (Å²) in [5.74, 6) is -0.229. The summed E-state index contributed by atoms with van der Waals surface area (Å²) in [4.78, 5) is 25.4. The van der Waals surface area contributed by atoms with Crippen molar-refractivity contribution in [2.24, 2.45) is 0 Å².